The molecule has 0 fully saturated rings. The van der Waals surface area contributed by atoms with Crippen molar-refractivity contribution in [3.8, 4) is 5.75 Å². The summed E-state index contributed by atoms with van der Waals surface area (Å²) in [5, 5.41) is 5.49. The summed E-state index contributed by atoms with van der Waals surface area (Å²) in [6, 6.07) is 12.1. The van der Waals surface area contributed by atoms with Crippen molar-refractivity contribution >= 4 is 23.2 Å². The minimum atomic E-state index is -0.285. The number of aryl methyl sites for hydroxylation is 1. The molecule has 0 aliphatic heterocycles. The first-order valence-corrected chi connectivity index (χ1v) is 7.09. The molecule has 0 atom stereocenters. The zero-order valence-electron chi connectivity index (χ0n) is 13.1. The van der Waals surface area contributed by atoms with Crippen molar-refractivity contribution in [2.24, 2.45) is 5.73 Å². The van der Waals surface area contributed by atoms with E-state index >= 15 is 0 Å². The first-order chi connectivity index (χ1) is 11.0. The lowest BCUT2D eigenvalue weighted by Gasteiger charge is -2.11. The van der Waals surface area contributed by atoms with Crippen molar-refractivity contribution in [3.63, 3.8) is 0 Å². The van der Waals surface area contributed by atoms with Crippen molar-refractivity contribution in [1.82, 2.24) is 0 Å². The molecule has 4 N–H and O–H groups in total. The molecule has 120 valence electrons. The second kappa shape index (κ2) is 7.42. The molecule has 2 aromatic rings. The van der Waals surface area contributed by atoms with Crippen molar-refractivity contribution in [2.75, 3.05) is 24.3 Å². The number of anilines is 2. The number of nitrogens with two attached hydrogens (primary N) is 1. The Morgan fingerprint density at radius 2 is 1.78 bits per heavy atom. The number of hydrogen-bond acceptors (Lipinski definition) is 4. The smallest absolute Gasteiger partial charge is 0.255 e. The third kappa shape index (κ3) is 4.31. The van der Waals surface area contributed by atoms with Gasteiger partial charge in [0.25, 0.3) is 5.91 Å². The van der Waals surface area contributed by atoms with Gasteiger partial charge in [-0.25, -0.2) is 0 Å². The van der Waals surface area contributed by atoms with Crippen molar-refractivity contribution in [1.29, 1.82) is 0 Å². The Morgan fingerprint density at radius 1 is 1.09 bits per heavy atom. The molecule has 0 aliphatic rings. The van der Waals surface area contributed by atoms with Gasteiger partial charge in [-0.2, -0.15) is 0 Å². The van der Waals surface area contributed by atoms with E-state index in [9.17, 15) is 9.59 Å². The van der Waals surface area contributed by atoms with Crippen molar-refractivity contribution < 1.29 is 14.3 Å². The maximum absolute atomic E-state index is 12.2. The van der Waals surface area contributed by atoms with Gasteiger partial charge in [0.1, 0.15) is 5.75 Å². The summed E-state index contributed by atoms with van der Waals surface area (Å²) >= 11 is 0. The zero-order valence-corrected chi connectivity index (χ0v) is 13.1. The number of hydrogen-bond donors (Lipinski definition) is 3. The number of ether oxygens (including phenoxy) is 1. The van der Waals surface area contributed by atoms with Gasteiger partial charge in [0, 0.05) is 16.9 Å². The van der Waals surface area contributed by atoms with Gasteiger partial charge >= 0.3 is 0 Å². The molecule has 6 heteroatoms. The van der Waals surface area contributed by atoms with E-state index in [4.69, 9.17) is 10.5 Å². The Kier molecular flexibility index (Phi) is 5.32. The van der Waals surface area contributed by atoms with Gasteiger partial charge < -0.3 is 21.1 Å². The predicted octanol–water partition coefficient (Wildman–Crippen LogP) is 2.15. The van der Waals surface area contributed by atoms with Crippen LogP contribution in [-0.4, -0.2) is 25.5 Å². The molecule has 0 saturated heterocycles. The second-order valence-corrected chi connectivity index (χ2v) is 4.96. The van der Waals surface area contributed by atoms with E-state index in [0.29, 0.717) is 22.7 Å². The van der Waals surface area contributed by atoms with Crippen LogP contribution in [0.25, 0.3) is 0 Å². The molecule has 0 bridgehead atoms. The average molecular weight is 313 g/mol. The Morgan fingerprint density at radius 3 is 2.39 bits per heavy atom. The highest BCUT2D eigenvalue weighted by molar-refractivity contribution is 6.04. The maximum atomic E-state index is 12.2. The predicted molar refractivity (Wildman–Crippen MR) is 89.8 cm³/mol. The van der Waals surface area contributed by atoms with Gasteiger partial charge in [0.05, 0.1) is 13.7 Å². The number of carbonyl (C=O) groups is 2. The molecule has 0 unspecified atom stereocenters. The standard InChI is InChI=1S/C17H19N3O3/c1-11-3-6-13(9-15(11)20-16(21)10-18)19-17(22)12-4-7-14(23-2)8-5-12/h3-9H,10,18H2,1-2H3,(H,19,22)(H,20,21). The van der Waals surface area contributed by atoms with Crippen LogP contribution in [0.4, 0.5) is 11.4 Å². The second-order valence-electron chi connectivity index (χ2n) is 4.96. The van der Waals surface area contributed by atoms with E-state index < -0.39 is 0 Å². The molecule has 2 aromatic carbocycles. The molecule has 0 radical (unpaired) electrons. The number of benzene rings is 2. The Balaban J connectivity index is 2.13. The lowest BCUT2D eigenvalue weighted by Crippen LogP contribution is -2.22. The van der Waals surface area contributed by atoms with Gasteiger partial charge in [0.2, 0.25) is 5.91 Å². The van der Waals surface area contributed by atoms with Gasteiger partial charge in [-0.15, -0.1) is 0 Å². The monoisotopic (exact) mass is 313 g/mol. The lowest BCUT2D eigenvalue weighted by molar-refractivity contribution is -0.114. The number of methoxy groups -OCH3 is 1. The normalized spacial score (nSPS) is 10.0. The molecule has 2 rings (SSSR count). The summed E-state index contributed by atoms with van der Waals surface area (Å²) < 4.78 is 5.06. The molecule has 0 spiro atoms. The molecule has 2 amide bonds. The largest absolute Gasteiger partial charge is 0.497 e. The molecule has 0 aromatic heterocycles. The number of nitrogens with one attached hydrogen (secondary N) is 2. The van der Waals surface area contributed by atoms with Crippen LogP contribution in [0.1, 0.15) is 15.9 Å². The van der Waals surface area contributed by atoms with E-state index in [2.05, 4.69) is 10.6 Å². The minimum Gasteiger partial charge on any atom is -0.497 e. The van der Waals surface area contributed by atoms with Crippen LogP contribution in [0.15, 0.2) is 42.5 Å². The number of amides is 2. The van der Waals surface area contributed by atoms with E-state index in [1.54, 1.807) is 43.5 Å². The molecular weight excluding hydrogens is 294 g/mol. The van der Waals surface area contributed by atoms with Crippen molar-refractivity contribution in [2.45, 2.75) is 6.92 Å². The van der Waals surface area contributed by atoms with Gasteiger partial charge in [-0.05, 0) is 48.9 Å². The third-order valence-electron chi connectivity index (χ3n) is 3.31. The van der Waals surface area contributed by atoms with Crippen LogP contribution >= 0.6 is 0 Å². The van der Waals surface area contributed by atoms with Crippen LogP contribution in [0.2, 0.25) is 0 Å². The third-order valence-corrected chi connectivity index (χ3v) is 3.31. The highest BCUT2D eigenvalue weighted by Gasteiger charge is 2.09. The SMILES string of the molecule is COc1ccc(C(=O)Nc2ccc(C)c(NC(=O)CN)c2)cc1. The fraction of sp³-hybridized carbons (Fsp3) is 0.176. The summed E-state index contributed by atoms with van der Waals surface area (Å²) in [4.78, 5) is 23.6. The van der Waals surface area contributed by atoms with Crippen LogP contribution in [-0.2, 0) is 4.79 Å². The number of rotatable bonds is 5. The molecule has 0 saturated carbocycles. The van der Waals surface area contributed by atoms with E-state index in [-0.39, 0.29) is 18.4 Å². The topological polar surface area (TPSA) is 93.5 Å². The zero-order chi connectivity index (χ0) is 16.8. The molecule has 6 nitrogen and oxygen atoms in total. The average Bonchev–Trinajstić information content (AvgIpc) is 2.57. The highest BCUT2D eigenvalue weighted by atomic mass is 16.5. The molecule has 0 aliphatic carbocycles. The first kappa shape index (κ1) is 16.5. The van der Waals surface area contributed by atoms with Crippen LogP contribution in [0, 0.1) is 6.92 Å². The van der Waals surface area contributed by atoms with Crippen LogP contribution in [0.3, 0.4) is 0 Å². The maximum Gasteiger partial charge on any atom is 0.255 e. The minimum absolute atomic E-state index is 0.0954. The summed E-state index contributed by atoms with van der Waals surface area (Å²) in [7, 11) is 1.57. The molecule has 23 heavy (non-hydrogen) atoms. The fourth-order valence-corrected chi connectivity index (χ4v) is 1.98. The van der Waals surface area contributed by atoms with Crippen molar-refractivity contribution in [3.05, 3.63) is 53.6 Å². The first-order valence-electron chi connectivity index (χ1n) is 7.09. The Hall–Kier alpha value is -2.86. The van der Waals surface area contributed by atoms with Gasteiger partial charge in [-0.3, -0.25) is 9.59 Å². The van der Waals surface area contributed by atoms with Crippen LogP contribution in [0.5, 0.6) is 5.75 Å². The summed E-state index contributed by atoms with van der Waals surface area (Å²) in [6.07, 6.45) is 0. The summed E-state index contributed by atoms with van der Waals surface area (Å²) in [6.45, 7) is 1.77. The van der Waals surface area contributed by atoms with E-state index in [1.165, 1.54) is 0 Å². The fourth-order valence-electron chi connectivity index (χ4n) is 1.98. The van der Waals surface area contributed by atoms with E-state index in [0.717, 1.165) is 5.56 Å². The molecular formula is C17H19N3O3. The quantitative estimate of drug-likeness (QED) is 0.788. The van der Waals surface area contributed by atoms with Gasteiger partial charge in [0.15, 0.2) is 0 Å². The summed E-state index contributed by atoms with van der Waals surface area (Å²) in [5.41, 5.74) is 7.90. The summed E-state index contributed by atoms with van der Waals surface area (Å²) in [5.74, 6) is 0.156. The highest BCUT2D eigenvalue weighted by Crippen LogP contribution is 2.21. The van der Waals surface area contributed by atoms with Crippen LogP contribution < -0.4 is 21.1 Å². The molecule has 0 heterocycles. The Bertz CT molecular complexity index is 712. The van der Waals surface area contributed by atoms with Gasteiger partial charge in [-0.1, -0.05) is 6.07 Å². The number of carbonyl (C=O) groups excluding carboxylic acids is 2. The Labute approximate surface area is 134 Å². The van der Waals surface area contributed by atoms with E-state index in [1.807, 2.05) is 13.0 Å². The lowest BCUT2D eigenvalue weighted by atomic mass is 10.1.